The summed E-state index contributed by atoms with van der Waals surface area (Å²) in [6.45, 7) is 0.568. The Hall–Kier alpha value is -1.74. The third-order valence-corrected chi connectivity index (χ3v) is 3.69. The topological polar surface area (TPSA) is 81.9 Å². The minimum atomic E-state index is -0.852. The predicted molar refractivity (Wildman–Crippen MR) is 74.7 cm³/mol. The summed E-state index contributed by atoms with van der Waals surface area (Å²) in [5.41, 5.74) is -0.133. The first kappa shape index (κ1) is 15.6. The lowest BCUT2D eigenvalue weighted by Crippen LogP contribution is -2.46. The van der Waals surface area contributed by atoms with Gasteiger partial charge in [-0.3, -0.25) is 10.1 Å². The number of anilines is 1. The minimum absolute atomic E-state index is 0.00993. The van der Waals surface area contributed by atoms with Crippen LogP contribution in [0.25, 0.3) is 0 Å². The number of benzene rings is 1. The standard InChI is InChI=1S/C12H12BrFN2O5/c1-20-12(17)11-6-15(2-3-21-11)9-5-8(14)7(13)4-10(9)16(18)19/h4-5,11H,2-3,6H2,1H3. The Kier molecular flexibility index (Phi) is 4.73. The highest BCUT2D eigenvalue weighted by atomic mass is 79.9. The molecule has 0 radical (unpaired) electrons. The number of nitrogens with zero attached hydrogens (tertiary/aromatic N) is 2. The number of morpholine rings is 1. The van der Waals surface area contributed by atoms with Crippen LogP contribution in [0, 0.1) is 15.9 Å². The summed E-state index contributed by atoms with van der Waals surface area (Å²) in [4.78, 5) is 23.6. The van der Waals surface area contributed by atoms with Crippen LogP contribution in [0.1, 0.15) is 0 Å². The molecule has 1 heterocycles. The molecule has 7 nitrogen and oxygen atoms in total. The van der Waals surface area contributed by atoms with Gasteiger partial charge in [-0.05, 0) is 15.9 Å². The zero-order chi connectivity index (χ0) is 15.6. The monoisotopic (exact) mass is 362 g/mol. The number of carbonyl (C=O) groups excluding carboxylic acids is 1. The van der Waals surface area contributed by atoms with E-state index >= 15 is 0 Å². The lowest BCUT2D eigenvalue weighted by atomic mass is 10.2. The molecular weight excluding hydrogens is 351 g/mol. The molecular formula is C12H12BrFN2O5. The zero-order valence-electron chi connectivity index (χ0n) is 11.0. The SMILES string of the molecule is COC(=O)C1CN(c2cc(F)c(Br)cc2[N+](=O)[O-])CCO1. The van der Waals surface area contributed by atoms with E-state index in [-0.39, 0.29) is 29.0 Å². The number of carbonyl (C=O) groups is 1. The molecule has 1 aliphatic heterocycles. The fraction of sp³-hybridized carbons (Fsp3) is 0.417. The molecule has 114 valence electrons. The number of hydrogen-bond acceptors (Lipinski definition) is 6. The van der Waals surface area contributed by atoms with Gasteiger partial charge in [0.2, 0.25) is 0 Å². The van der Waals surface area contributed by atoms with Gasteiger partial charge in [0.1, 0.15) is 11.5 Å². The summed E-state index contributed by atoms with van der Waals surface area (Å²) in [5.74, 6) is -1.18. The van der Waals surface area contributed by atoms with Gasteiger partial charge in [-0.25, -0.2) is 9.18 Å². The van der Waals surface area contributed by atoms with Gasteiger partial charge in [0.25, 0.3) is 5.69 Å². The van der Waals surface area contributed by atoms with Crippen molar-refractivity contribution in [2.75, 3.05) is 31.7 Å². The number of ether oxygens (including phenoxy) is 2. The van der Waals surface area contributed by atoms with Crippen LogP contribution in [0.4, 0.5) is 15.8 Å². The summed E-state index contributed by atoms with van der Waals surface area (Å²) >= 11 is 2.92. The van der Waals surface area contributed by atoms with Crippen molar-refractivity contribution in [2.45, 2.75) is 6.10 Å². The van der Waals surface area contributed by atoms with E-state index in [0.717, 1.165) is 12.1 Å². The third-order valence-electron chi connectivity index (χ3n) is 3.09. The molecule has 1 atom stereocenters. The molecule has 0 aromatic heterocycles. The zero-order valence-corrected chi connectivity index (χ0v) is 12.6. The molecule has 1 fully saturated rings. The van der Waals surface area contributed by atoms with Crippen LogP contribution in [0.2, 0.25) is 0 Å². The lowest BCUT2D eigenvalue weighted by Gasteiger charge is -2.32. The summed E-state index contributed by atoms with van der Waals surface area (Å²) in [6.07, 6.45) is -0.852. The van der Waals surface area contributed by atoms with Crippen LogP contribution in [0.5, 0.6) is 0 Å². The fourth-order valence-electron chi connectivity index (χ4n) is 2.07. The van der Waals surface area contributed by atoms with Crippen LogP contribution < -0.4 is 4.90 Å². The van der Waals surface area contributed by atoms with Crippen LogP contribution in [-0.2, 0) is 14.3 Å². The molecule has 1 aromatic carbocycles. The third kappa shape index (κ3) is 3.30. The van der Waals surface area contributed by atoms with Crippen molar-refractivity contribution in [1.29, 1.82) is 0 Å². The molecule has 1 aliphatic rings. The van der Waals surface area contributed by atoms with Gasteiger partial charge < -0.3 is 14.4 Å². The van der Waals surface area contributed by atoms with Crippen molar-refractivity contribution in [1.82, 2.24) is 0 Å². The Morgan fingerprint density at radius 3 is 2.95 bits per heavy atom. The van der Waals surface area contributed by atoms with Crippen molar-refractivity contribution in [3.8, 4) is 0 Å². The number of rotatable bonds is 3. The van der Waals surface area contributed by atoms with Crippen LogP contribution in [0.3, 0.4) is 0 Å². The van der Waals surface area contributed by atoms with Gasteiger partial charge in [-0.2, -0.15) is 0 Å². The van der Waals surface area contributed by atoms with Gasteiger partial charge in [0.05, 0.1) is 29.7 Å². The molecule has 21 heavy (non-hydrogen) atoms. The van der Waals surface area contributed by atoms with E-state index in [1.54, 1.807) is 4.90 Å². The Bertz CT molecular complexity index is 583. The Labute approximate surface area is 127 Å². The summed E-state index contributed by atoms with van der Waals surface area (Å²) in [5, 5.41) is 11.1. The number of nitro groups is 1. The molecule has 2 rings (SSSR count). The van der Waals surface area contributed by atoms with Crippen molar-refractivity contribution < 1.29 is 23.6 Å². The Balaban J connectivity index is 2.34. The van der Waals surface area contributed by atoms with E-state index in [1.807, 2.05) is 0 Å². The number of esters is 1. The van der Waals surface area contributed by atoms with Gasteiger partial charge in [-0.15, -0.1) is 0 Å². The molecule has 1 saturated heterocycles. The molecule has 0 N–H and O–H groups in total. The molecule has 0 amide bonds. The maximum Gasteiger partial charge on any atom is 0.336 e. The van der Waals surface area contributed by atoms with E-state index in [0.29, 0.717) is 6.54 Å². The highest BCUT2D eigenvalue weighted by molar-refractivity contribution is 9.10. The number of methoxy groups -OCH3 is 1. The average Bonchev–Trinajstić information content (AvgIpc) is 2.48. The molecule has 0 spiro atoms. The number of hydrogen-bond donors (Lipinski definition) is 0. The molecule has 1 aromatic rings. The van der Waals surface area contributed by atoms with Crippen molar-refractivity contribution >= 4 is 33.3 Å². The Morgan fingerprint density at radius 2 is 2.33 bits per heavy atom. The van der Waals surface area contributed by atoms with E-state index in [9.17, 15) is 19.3 Å². The van der Waals surface area contributed by atoms with Crippen LogP contribution >= 0.6 is 15.9 Å². The van der Waals surface area contributed by atoms with E-state index in [2.05, 4.69) is 20.7 Å². The first-order valence-corrected chi connectivity index (χ1v) is 6.81. The molecule has 9 heteroatoms. The molecule has 0 saturated carbocycles. The van der Waals surface area contributed by atoms with E-state index in [1.165, 1.54) is 7.11 Å². The molecule has 0 aliphatic carbocycles. The van der Waals surface area contributed by atoms with E-state index < -0.39 is 22.8 Å². The van der Waals surface area contributed by atoms with Gasteiger partial charge in [0.15, 0.2) is 6.10 Å². The average molecular weight is 363 g/mol. The summed E-state index contributed by atoms with van der Waals surface area (Å²) in [7, 11) is 1.23. The summed E-state index contributed by atoms with van der Waals surface area (Å²) in [6, 6.07) is 2.18. The lowest BCUT2D eigenvalue weighted by molar-refractivity contribution is -0.384. The highest BCUT2D eigenvalue weighted by Crippen LogP contribution is 2.34. The van der Waals surface area contributed by atoms with Crippen molar-refractivity contribution in [2.24, 2.45) is 0 Å². The minimum Gasteiger partial charge on any atom is -0.467 e. The summed E-state index contributed by atoms with van der Waals surface area (Å²) < 4.78 is 23.5. The highest BCUT2D eigenvalue weighted by Gasteiger charge is 2.31. The maximum atomic E-state index is 13.7. The second-order valence-electron chi connectivity index (χ2n) is 4.34. The number of halogens is 2. The van der Waals surface area contributed by atoms with Gasteiger partial charge in [-0.1, -0.05) is 0 Å². The maximum absolute atomic E-state index is 13.7. The predicted octanol–water partition coefficient (Wildman–Crippen LogP) is 1.87. The largest absolute Gasteiger partial charge is 0.467 e. The second kappa shape index (κ2) is 6.35. The van der Waals surface area contributed by atoms with Crippen LogP contribution in [0.15, 0.2) is 16.6 Å². The van der Waals surface area contributed by atoms with Crippen molar-refractivity contribution in [3.63, 3.8) is 0 Å². The molecule has 0 bridgehead atoms. The van der Waals surface area contributed by atoms with E-state index in [4.69, 9.17) is 4.74 Å². The second-order valence-corrected chi connectivity index (χ2v) is 5.20. The van der Waals surface area contributed by atoms with Crippen LogP contribution in [-0.4, -0.2) is 43.8 Å². The van der Waals surface area contributed by atoms with Gasteiger partial charge in [0, 0.05) is 18.7 Å². The smallest absolute Gasteiger partial charge is 0.336 e. The fourth-order valence-corrected chi connectivity index (χ4v) is 2.40. The first-order valence-electron chi connectivity index (χ1n) is 6.02. The quantitative estimate of drug-likeness (QED) is 0.463. The normalized spacial score (nSPS) is 18.4. The first-order chi connectivity index (χ1) is 9.93. The Morgan fingerprint density at radius 1 is 1.62 bits per heavy atom. The molecule has 1 unspecified atom stereocenters. The van der Waals surface area contributed by atoms with Gasteiger partial charge >= 0.3 is 5.97 Å². The number of nitro benzene ring substituents is 1. The van der Waals surface area contributed by atoms with Crippen molar-refractivity contribution in [3.05, 3.63) is 32.5 Å².